The molecule has 118 valence electrons. The predicted octanol–water partition coefficient (Wildman–Crippen LogP) is 3.89. The number of benzene rings is 2. The van der Waals surface area contributed by atoms with Gasteiger partial charge in [0.15, 0.2) is 17.4 Å². The number of fused-ring (bicyclic) bond motifs is 1. The summed E-state index contributed by atoms with van der Waals surface area (Å²) in [6.45, 7) is 0. The van der Waals surface area contributed by atoms with Gasteiger partial charge < -0.3 is 10.4 Å². The van der Waals surface area contributed by atoms with Crippen molar-refractivity contribution in [3.05, 3.63) is 65.9 Å². The number of hydrogen-bond acceptors (Lipinski definition) is 3. The fourth-order valence-corrected chi connectivity index (χ4v) is 2.09. The molecule has 0 saturated heterocycles. The van der Waals surface area contributed by atoms with Crippen LogP contribution < -0.4 is 5.32 Å². The second-order valence-corrected chi connectivity index (χ2v) is 4.62. The Morgan fingerprint density at radius 1 is 1.09 bits per heavy atom. The molecule has 0 unspecified atom stereocenters. The Bertz CT molecular complexity index is 887. The summed E-state index contributed by atoms with van der Waals surface area (Å²) in [5.41, 5.74) is 0.376. The van der Waals surface area contributed by atoms with Gasteiger partial charge >= 0.3 is 0 Å². The Morgan fingerprint density at radius 3 is 2.61 bits per heavy atom. The van der Waals surface area contributed by atoms with Gasteiger partial charge in [-0.25, -0.2) is 8.78 Å². The monoisotopic (exact) mass is 336 g/mol. The van der Waals surface area contributed by atoms with E-state index in [-0.39, 0.29) is 29.4 Å². The summed E-state index contributed by atoms with van der Waals surface area (Å²) >= 11 is 0. The van der Waals surface area contributed by atoms with Gasteiger partial charge in [0.25, 0.3) is 5.91 Å². The molecule has 0 aliphatic heterocycles. The van der Waals surface area contributed by atoms with E-state index in [1.807, 2.05) is 0 Å². The van der Waals surface area contributed by atoms with Crippen LogP contribution in [-0.2, 0) is 0 Å². The Kier molecular flexibility index (Phi) is 4.76. The molecule has 1 amide bonds. The fraction of sp³-hybridized carbons (Fsp3) is 0. The number of anilines is 1. The van der Waals surface area contributed by atoms with E-state index in [0.717, 1.165) is 12.1 Å². The molecule has 0 atom stereocenters. The molecule has 3 aromatic rings. The highest BCUT2D eigenvalue weighted by atomic mass is 35.5. The zero-order chi connectivity index (χ0) is 15.7. The number of aromatic hydroxyl groups is 1. The molecule has 0 spiro atoms. The van der Waals surface area contributed by atoms with E-state index < -0.39 is 17.5 Å². The molecule has 3 rings (SSSR count). The number of phenols is 1. The van der Waals surface area contributed by atoms with Gasteiger partial charge in [-0.3, -0.25) is 9.78 Å². The quantitative estimate of drug-likeness (QED) is 0.746. The summed E-state index contributed by atoms with van der Waals surface area (Å²) in [5.74, 6) is -2.98. The van der Waals surface area contributed by atoms with Crippen molar-refractivity contribution in [1.29, 1.82) is 0 Å². The molecule has 0 aliphatic carbocycles. The minimum atomic E-state index is -1.07. The van der Waals surface area contributed by atoms with Crippen LogP contribution in [0.15, 0.2) is 48.7 Å². The molecular weight excluding hydrogens is 326 g/mol. The topological polar surface area (TPSA) is 62.2 Å². The number of hydrogen-bond donors (Lipinski definition) is 2. The molecule has 1 heterocycles. The number of carbonyl (C=O) groups excluding carboxylic acids is 1. The Hall–Kier alpha value is -2.73. The summed E-state index contributed by atoms with van der Waals surface area (Å²) in [5, 5.41) is 13.2. The van der Waals surface area contributed by atoms with Crippen LogP contribution in [0.4, 0.5) is 14.5 Å². The van der Waals surface area contributed by atoms with Crippen molar-refractivity contribution in [3.63, 3.8) is 0 Å². The van der Waals surface area contributed by atoms with Crippen molar-refractivity contribution >= 4 is 34.9 Å². The number of rotatable bonds is 2. The van der Waals surface area contributed by atoms with Gasteiger partial charge in [-0.15, -0.1) is 12.4 Å². The van der Waals surface area contributed by atoms with Gasteiger partial charge in [0.2, 0.25) is 0 Å². The lowest BCUT2D eigenvalue weighted by Gasteiger charge is -2.08. The number of phenolic OH excluding ortho intramolecular Hbond substituents is 1. The molecular formula is C16H11ClF2N2O2. The second kappa shape index (κ2) is 6.58. The molecule has 0 bridgehead atoms. The lowest BCUT2D eigenvalue weighted by atomic mass is 10.1. The standard InChI is InChI=1S/C16H10F2N2O2.ClH/c17-12-6-4-10(8-13(12)18)20-16(22)11-5-3-9-2-1-7-19-14(9)15(11)21;/h1-8,21H,(H,20,22);1H. The maximum atomic E-state index is 13.1. The molecule has 0 aliphatic rings. The van der Waals surface area contributed by atoms with Gasteiger partial charge in [-0.05, 0) is 24.3 Å². The lowest BCUT2D eigenvalue weighted by molar-refractivity contribution is 0.102. The number of aromatic nitrogens is 1. The zero-order valence-electron chi connectivity index (χ0n) is 11.6. The molecule has 2 N–H and O–H groups in total. The SMILES string of the molecule is Cl.O=C(Nc1ccc(F)c(F)c1)c1ccc2cccnc2c1O. The summed E-state index contributed by atoms with van der Waals surface area (Å²) < 4.78 is 26.0. The summed E-state index contributed by atoms with van der Waals surface area (Å²) in [7, 11) is 0. The Balaban J connectivity index is 0.00000192. The first kappa shape index (κ1) is 16.6. The lowest BCUT2D eigenvalue weighted by Crippen LogP contribution is -2.12. The highest BCUT2D eigenvalue weighted by Crippen LogP contribution is 2.27. The van der Waals surface area contributed by atoms with Crippen molar-refractivity contribution in [2.45, 2.75) is 0 Å². The Labute approximate surface area is 136 Å². The molecule has 0 radical (unpaired) electrons. The third-order valence-corrected chi connectivity index (χ3v) is 3.17. The van der Waals surface area contributed by atoms with Crippen LogP contribution in [0.1, 0.15) is 10.4 Å². The molecule has 23 heavy (non-hydrogen) atoms. The smallest absolute Gasteiger partial charge is 0.259 e. The van der Waals surface area contributed by atoms with E-state index in [4.69, 9.17) is 0 Å². The first-order valence-corrected chi connectivity index (χ1v) is 6.39. The van der Waals surface area contributed by atoms with Gasteiger partial charge in [0, 0.05) is 23.3 Å². The maximum absolute atomic E-state index is 13.1. The number of nitrogens with zero attached hydrogens (tertiary/aromatic N) is 1. The first-order chi connectivity index (χ1) is 10.6. The van der Waals surface area contributed by atoms with E-state index in [1.165, 1.54) is 18.3 Å². The van der Waals surface area contributed by atoms with E-state index in [0.29, 0.717) is 10.9 Å². The second-order valence-electron chi connectivity index (χ2n) is 4.62. The Morgan fingerprint density at radius 2 is 1.87 bits per heavy atom. The van der Waals surface area contributed by atoms with Crippen molar-refractivity contribution in [3.8, 4) is 5.75 Å². The third kappa shape index (κ3) is 3.22. The van der Waals surface area contributed by atoms with Crippen LogP contribution in [0.2, 0.25) is 0 Å². The van der Waals surface area contributed by atoms with E-state index in [2.05, 4.69) is 10.3 Å². The van der Waals surface area contributed by atoms with Gasteiger partial charge in [0.05, 0.1) is 5.56 Å². The molecule has 4 nitrogen and oxygen atoms in total. The van der Waals surface area contributed by atoms with Crippen LogP contribution in [-0.4, -0.2) is 16.0 Å². The van der Waals surface area contributed by atoms with Gasteiger partial charge in [-0.2, -0.15) is 0 Å². The number of nitrogens with one attached hydrogen (secondary N) is 1. The number of carbonyl (C=O) groups is 1. The fourth-order valence-electron chi connectivity index (χ4n) is 2.09. The number of halogens is 3. The summed E-state index contributed by atoms with van der Waals surface area (Å²) in [4.78, 5) is 16.2. The normalized spacial score (nSPS) is 10.2. The minimum Gasteiger partial charge on any atom is -0.505 e. The van der Waals surface area contributed by atoms with Crippen LogP contribution >= 0.6 is 12.4 Å². The maximum Gasteiger partial charge on any atom is 0.259 e. The average Bonchev–Trinajstić information content (AvgIpc) is 2.51. The highest BCUT2D eigenvalue weighted by Gasteiger charge is 2.15. The van der Waals surface area contributed by atoms with Crippen LogP contribution in [0.5, 0.6) is 5.75 Å². The summed E-state index contributed by atoms with van der Waals surface area (Å²) in [6, 6.07) is 9.54. The van der Waals surface area contributed by atoms with Crippen LogP contribution in [0, 0.1) is 11.6 Å². The third-order valence-electron chi connectivity index (χ3n) is 3.17. The largest absolute Gasteiger partial charge is 0.505 e. The molecule has 7 heteroatoms. The molecule has 0 fully saturated rings. The van der Waals surface area contributed by atoms with Gasteiger partial charge in [-0.1, -0.05) is 12.1 Å². The first-order valence-electron chi connectivity index (χ1n) is 6.39. The van der Waals surface area contributed by atoms with Crippen LogP contribution in [0.25, 0.3) is 10.9 Å². The zero-order valence-corrected chi connectivity index (χ0v) is 12.4. The average molecular weight is 337 g/mol. The highest BCUT2D eigenvalue weighted by molar-refractivity contribution is 6.09. The molecule has 2 aromatic carbocycles. The number of amides is 1. The van der Waals surface area contributed by atoms with E-state index in [9.17, 15) is 18.7 Å². The van der Waals surface area contributed by atoms with Crippen molar-refractivity contribution in [2.24, 2.45) is 0 Å². The molecule has 0 saturated carbocycles. The predicted molar refractivity (Wildman–Crippen MR) is 85.0 cm³/mol. The summed E-state index contributed by atoms with van der Waals surface area (Å²) in [6.07, 6.45) is 1.50. The van der Waals surface area contributed by atoms with Crippen molar-refractivity contribution in [2.75, 3.05) is 5.32 Å². The molecule has 1 aromatic heterocycles. The van der Waals surface area contributed by atoms with Gasteiger partial charge in [0.1, 0.15) is 5.52 Å². The van der Waals surface area contributed by atoms with Crippen molar-refractivity contribution < 1.29 is 18.7 Å². The van der Waals surface area contributed by atoms with E-state index in [1.54, 1.807) is 18.2 Å². The minimum absolute atomic E-state index is 0. The van der Waals surface area contributed by atoms with Crippen LogP contribution in [0.3, 0.4) is 0 Å². The van der Waals surface area contributed by atoms with Crippen molar-refractivity contribution in [1.82, 2.24) is 4.98 Å². The number of pyridine rings is 1. The van der Waals surface area contributed by atoms with E-state index >= 15 is 0 Å².